The van der Waals surface area contributed by atoms with Crippen molar-refractivity contribution in [3.63, 3.8) is 0 Å². The van der Waals surface area contributed by atoms with Gasteiger partial charge < -0.3 is 9.63 Å². The van der Waals surface area contributed by atoms with Crippen LogP contribution in [0.2, 0.25) is 0 Å². The third-order valence-corrected chi connectivity index (χ3v) is 3.94. The topological polar surface area (TPSA) is 49.5 Å². The summed E-state index contributed by atoms with van der Waals surface area (Å²) < 4.78 is 5.18. The molecule has 2 aromatic rings. The van der Waals surface area contributed by atoms with E-state index in [-0.39, 0.29) is 6.04 Å². The summed E-state index contributed by atoms with van der Waals surface area (Å²) in [7, 11) is 0. The van der Waals surface area contributed by atoms with Crippen LogP contribution >= 0.6 is 0 Å². The molecule has 0 aliphatic carbocycles. The summed E-state index contributed by atoms with van der Waals surface area (Å²) in [6, 6.07) is 12.1. The van der Waals surface area contributed by atoms with Crippen molar-refractivity contribution in [3.8, 4) is 0 Å². The Balaban J connectivity index is 1.70. The SMILES string of the molecule is Cc1cc(C2CCCN2CC(O)c2ccccc2)no1. The first kappa shape index (κ1) is 13.3. The molecule has 0 saturated carbocycles. The first-order valence-corrected chi connectivity index (χ1v) is 7.14. The van der Waals surface area contributed by atoms with Crippen LogP contribution in [0.15, 0.2) is 40.9 Å². The highest BCUT2D eigenvalue weighted by atomic mass is 16.5. The molecule has 2 unspecified atom stereocenters. The van der Waals surface area contributed by atoms with Gasteiger partial charge >= 0.3 is 0 Å². The molecule has 2 atom stereocenters. The van der Waals surface area contributed by atoms with E-state index in [1.807, 2.05) is 43.3 Å². The molecule has 3 rings (SSSR count). The number of nitrogens with zero attached hydrogens (tertiary/aromatic N) is 2. The number of aromatic nitrogens is 1. The molecule has 0 amide bonds. The molecule has 1 N–H and O–H groups in total. The van der Waals surface area contributed by atoms with Crippen molar-refractivity contribution < 1.29 is 9.63 Å². The Morgan fingerprint density at radius 3 is 2.90 bits per heavy atom. The largest absolute Gasteiger partial charge is 0.387 e. The minimum absolute atomic E-state index is 0.269. The van der Waals surface area contributed by atoms with Gasteiger partial charge in [0.2, 0.25) is 0 Å². The van der Waals surface area contributed by atoms with E-state index in [1.54, 1.807) is 0 Å². The van der Waals surface area contributed by atoms with Gasteiger partial charge in [-0.1, -0.05) is 35.5 Å². The third-order valence-electron chi connectivity index (χ3n) is 3.94. The van der Waals surface area contributed by atoms with E-state index in [4.69, 9.17) is 4.52 Å². The third kappa shape index (κ3) is 2.76. The van der Waals surface area contributed by atoms with Crippen molar-refractivity contribution in [2.45, 2.75) is 31.9 Å². The van der Waals surface area contributed by atoms with Crippen molar-refractivity contribution in [2.75, 3.05) is 13.1 Å². The van der Waals surface area contributed by atoms with Crippen LogP contribution in [0.1, 0.15) is 42.0 Å². The second-order valence-electron chi connectivity index (χ2n) is 5.44. The number of hydrogen-bond acceptors (Lipinski definition) is 4. The van der Waals surface area contributed by atoms with Gasteiger partial charge in [-0.15, -0.1) is 0 Å². The maximum Gasteiger partial charge on any atom is 0.133 e. The normalized spacial score (nSPS) is 21.2. The van der Waals surface area contributed by atoms with Crippen LogP contribution in [-0.4, -0.2) is 28.3 Å². The van der Waals surface area contributed by atoms with Crippen LogP contribution in [0.3, 0.4) is 0 Å². The second-order valence-corrected chi connectivity index (χ2v) is 5.44. The summed E-state index contributed by atoms with van der Waals surface area (Å²) in [6.45, 7) is 3.55. The molecule has 1 aliphatic rings. The molecule has 0 radical (unpaired) electrons. The fraction of sp³-hybridized carbons (Fsp3) is 0.438. The number of aliphatic hydroxyl groups is 1. The van der Waals surface area contributed by atoms with Gasteiger partial charge in [0.05, 0.1) is 12.1 Å². The quantitative estimate of drug-likeness (QED) is 0.929. The van der Waals surface area contributed by atoms with Gasteiger partial charge in [0.1, 0.15) is 11.5 Å². The zero-order valence-corrected chi connectivity index (χ0v) is 11.7. The predicted octanol–water partition coefficient (Wildman–Crippen LogP) is 2.85. The van der Waals surface area contributed by atoms with Gasteiger partial charge in [-0.05, 0) is 31.9 Å². The molecule has 1 aliphatic heterocycles. The molecule has 0 bridgehead atoms. The van der Waals surface area contributed by atoms with Gasteiger partial charge in [-0.25, -0.2) is 0 Å². The molecule has 1 aromatic heterocycles. The molecule has 4 nitrogen and oxygen atoms in total. The molecule has 1 saturated heterocycles. The summed E-state index contributed by atoms with van der Waals surface area (Å²) >= 11 is 0. The fourth-order valence-corrected chi connectivity index (χ4v) is 2.93. The summed E-state index contributed by atoms with van der Waals surface area (Å²) in [4.78, 5) is 2.30. The smallest absolute Gasteiger partial charge is 0.133 e. The molecule has 1 aromatic carbocycles. The highest BCUT2D eigenvalue weighted by Crippen LogP contribution is 2.32. The molecule has 2 heterocycles. The van der Waals surface area contributed by atoms with E-state index in [1.165, 1.54) is 0 Å². The summed E-state index contributed by atoms with van der Waals surface area (Å²) in [5, 5.41) is 14.5. The lowest BCUT2D eigenvalue weighted by Crippen LogP contribution is -2.28. The number of benzene rings is 1. The Morgan fingerprint density at radius 2 is 2.20 bits per heavy atom. The Labute approximate surface area is 119 Å². The Morgan fingerprint density at radius 1 is 1.40 bits per heavy atom. The zero-order chi connectivity index (χ0) is 13.9. The maximum absolute atomic E-state index is 10.4. The lowest BCUT2D eigenvalue weighted by molar-refractivity contribution is 0.104. The highest BCUT2D eigenvalue weighted by molar-refractivity contribution is 5.18. The summed E-state index contributed by atoms with van der Waals surface area (Å²) in [5.74, 6) is 0.843. The molecular formula is C16H20N2O2. The van der Waals surface area contributed by atoms with E-state index in [2.05, 4.69) is 10.1 Å². The van der Waals surface area contributed by atoms with Gasteiger partial charge in [0, 0.05) is 12.6 Å². The minimum atomic E-state index is -0.454. The molecule has 0 spiro atoms. The number of aliphatic hydroxyl groups excluding tert-OH is 1. The van der Waals surface area contributed by atoms with E-state index >= 15 is 0 Å². The van der Waals surface area contributed by atoms with Gasteiger partial charge in [0.25, 0.3) is 0 Å². The first-order chi connectivity index (χ1) is 9.74. The Bertz CT molecular complexity index is 553. The van der Waals surface area contributed by atoms with Crippen LogP contribution < -0.4 is 0 Å². The van der Waals surface area contributed by atoms with Crippen LogP contribution in [0.4, 0.5) is 0 Å². The van der Waals surface area contributed by atoms with Crippen LogP contribution in [0.5, 0.6) is 0 Å². The number of rotatable bonds is 4. The van der Waals surface area contributed by atoms with Crippen LogP contribution in [0.25, 0.3) is 0 Å². The van der Waals surface area contributed by atoms with Crippen LogP contribution in [-0.2, 0) is 0 Å². The molecule has 20 heavy (non-hydrogen) atoms. The zero-order valence-electron chi connectivity index (χ0n) is 11.7. The lowest BCUT2D eigenvalue weighted by Gasteiger charge is -2.25. The summed E-state index contributed by atoms with van der Waals surface area (Å²) in [6.07, 6.45) is 1.76. The number of likely N-dealkylation sites (tertiary alicyclic amines) is 1. The van der Waals surface area contributed by atoms with Crippen LogP contribution in [0, 0.1) is 6.92 Å². The minimum Gasteiger partial charge on any atom is -0.387 e. The predicted molar refractivity (Wildman–Crippen MR) is 76.2 cm³/mol. The standard InChI is InChI=1S/C16H20N2O2/c1-12-10-14(17-20-12)15-8-5-9-18(15)11-16(19)13-6-3-2-4-7-13/h2-4,6-7,10,15-16,19H,5,8-9,11H2,1H3. The van der Waals surface area contributed by atoms with E-state index in [9.17, 15) is 5.11 Å². The van der Waals surface area contributed by atoms with Crippen molar-refractivity contribution in [3.05, 3.63) is 53.4 Å². The molecular weight excluding hydrogens is 252 g/mol. The van der Waals surface area contributed by atoms with Crippen molar-refractivity contribution >= 4 is 0 Å². The second kappa shape index (κ2) is 5.77. The van der Waals surface area contributed by atoms with E-state index in [0.717, 1.165) is 36.4 Å². The first-order valence-electron chi connectivity index (χ1n) is 7.14. The van der Waals surface area contributed by atoms with Crippen molar-refractivity contribution in [2.24, 2.45) is 0 Å². The average molecular weight is 272 g/mol. The molecule has 1 fully saturated rings. The van der Waals surface area contributed by atoms with Crippen molar-refractivity contribution in [1.29, 1.82) is 0 Å². The Kier molecular flexibility index (Phi) is 3.85. The molecule has 4 heteroatoms. The van der Waals surface area contributed by atoms with E-state index < -0.39 is 6.10 Å². The van der Waals surface area contributed by atoms with Gasteiger partial charge in [0.15, 0.2) is 0 Å². The maximum atomic E-state index is 10.4. The number of hydrogen-bond donors (Lipinski definition) is 1. The monoisotopic (exact) mass is 272 g/mol. The lowest BCUT2D eigenvalue weighted by atomic mass is 10.1. The average Bonchev–Trinajstić information content (AvgIpc) is 3.08. The number of aryl methyl sites for hydroxylation is 1. The number of β-amino-alcohol motifs (C(OH)–C–C–N with tert-alkyl or cyclic N) is 1. The Hall–Kier alpha value is -1.65. The van der Waals surface area contributed by atoms with Gasteiger partial charge in [-0.2, -0.15) is 0 Å². The summed E-state index contributed by atoms with van der Waals surface area (Å²) in [5.41, 5.74) is 1.95. The van der Waals surface area contributed by atoms with E-state index in [0.29, 0.717) is 6.54 Å². The fourth-order valence-electron chi connectivity index (χ4n) is 2.93. The van der Waals surface area contributed by atoms with Gasteiger partial charge in [-0.3, -0.25) is 4.90 Å². The molecule has 106 valence electrons. The van der Waals surface area contributed by atoms with Crippen molar-refractivity contribution in [1.82, 2.24) is 10.1 Å². The highest BCUT2D eigenvalue weighted by Gasteiger charge is 2.29.